The Hall–Kier alpha value is -2.80. The number of alkyl halides is 3. The highest BCUT2D eigenvalue weighted by molar-refractivity contribution is 7.15. The van der Waals surface area contributed by atoms with Crippen molar-refractivity contribution < 1.29 is 27.4 Å². The predicted molar refractivity (Wildman–Crippen MR) is 139 cm³/mol. The van der Waals surface area contributed by atoms with Crippen molar-refractivity contribution >= 4 is 17.3 Å². The zero-order valence-corrected chi connectivity index (χ0v) is 22.5. The summed E-state index contributed by atoms with van der Waals surface area (Å²) in [6.07, 6.45) is -2.70. The fourth-order valence-electron chi connectivity index (χ4n) is 4.07. The number of esters is 1. The third-order valence-corrected chi connectivity index (χ3v) is 7.29. The Bertz CT molecular complexity index is 1200. The second kappa shape index (κ2) is 11.1. The maximum atomic E-state index is 12.9. The van der Waals surface area contributed by atoms with Gasteiger partial charge in [-0.2, -0.15) is 13.2 Å². The van der Waals surface area contributed by atoms with Gasteiger partial charge in [0, 0.05) is 15.3 Å². The quantitative estimate of drug-likeness (QED) is 0.283. The average molecular weight is 519 g/mol. The number of halogens is 3. The number of thiophene rings is 1. The van der Waals surface area contributed by atoms with Crippen molar-refractivity contribution in [2.24, 2.45) is 0 Å². The lowest BCUT2D eigenvalue weighted by atomic mass is 9.83. The van der Waals surface area contributed by atoms with Crippen LogP contribution < -0.4 is 4.74 Å². The van der Waals surface area contributed by atoms with Crippen molar-refractivity contribution in [2.45, 2.75) is 66.0 Å². The highest BCUT2D eigenvalue weighted by Gasteiger charge is 2.30. The van der Waals surface area contributed by atoms with Crippen molar-refractivity contribution in [3.63, 3.8) is 0 Å². The van der Waals surface area contributed by atoms with Crippen LogP contribution in [0.4, 0.5) is 13.2 Å². The zero-order valence-electron chi connectivity index (χ0n) is 21.6. The summed E-state index contributed by atoms with van der Waals surface area (Å²) in [5.74, 6) is 0.328. The molecule has 1 heterocycles. The highest BCUT2D eigenvalue weighted by atomic mass is 32.1. The van der Waals surface area contributed by atoms with Crippen molar-refractivity contribution in [2.75, 3.05) is 13.2 Å². The Morgan fingerprint density at radius 3 is 2.19 bits per heavy atom. The minimum absolute atomic E-state index is 0.127. The molecule has 0 spiro atoms. The Morgan fingerprint density at radius 1 is 0.944 bits per heavy atom. The van der Waals surface area contributed by atoms with E-state index in [0.29, 0.717) is 6.61 Å². The number of benzene rings is 2. The molecule has 3 rings (SSSR count). The van der Waals surface area contributed by atoms with Crippen molar-refractivity contribution in [1.29, 1.82) is 0 Å². The minimum atomic E-state index is -4.33. The van der Waals surface area contributed by atoms with Crippen molar-refractivity contribution in [3.05, 3.63) is 75.2 Å². The van der Waals surface area contributed by atoms with Crippen LogP contribution in [0.25, 0.3) is 10.4 Å². The van der Waals surface area contributed by atoms with E-state index < -0.39 is 17.7 Å². The average Bonchev–Trinajstić information content (AvgIpc) is 3.16. The minimum Gasteiger partial charge on any atom is -0.481 e. The molecule has 0 unspecified atom stereocenters. The number of carbonyl (C=O) groups excluding carboxylic acids is 1. The third-order valence-electron chi connectivity index (χ3n) is 5.94. The van der Waals surface area contributed by atoms with Gasteiger partial charge in [0.1, 0.15) is 5.75 Å². The van der Waals surface area contributed by atoms with E-state index >= 15 is 0 Å². The van der Waals surface area contributed by atoms with Crippen LogP contribution in [0.3, 0.4) is 0 Å². The van der Waals surface area contributed by atoms with Gasteiger partial charge in [-0.05, 0) is 79.5 Å². The molecular formula is C29H33F3O3S. The maximum absolute atomic E-state index is 12.9. The van der Waals surface area contributed by atoms with Crippen LogP contribution in [0.1, 0.15) is 60.4 Å². The molecule has 0 bridgehead atoms. The van der Waals surface area contributed by atoms with Gasteiger partial charge in [0.25, 0.3) is 0 Å². The Balaban J connectivity index is 1.78. The molecule has 0 radical (unpaired) electrons. The van der Waals surface area contributed by atoms with Gasteiger partial charge in [0.05, 0.1) is 12.2 Å². The Morgan fingerprint density at radius 2 is 1.61 bits per heavy atom. The first kappa shape index (κ1) is 27.8. The molecular weight excluding hydrogens is 485 g/mol. The van der Waals surface area contributed by atoms with Crippen LogP contribution in [0.2, 0.25) is 0 Å². The topological polar surface area (TPSA) is 35.5 Å². The summed E-state index contributed by atoms with van der Waals surface area (Å²) in [7, 11) is 0. The van der Waals surface area contributed by atoms with Gasteiger partial charge in [0.2, 0.25) is 0 Å². The summed E-state index contributed by atoms with van der Waals surface area (Å²) in [4.78, 5) is 14.0. The molecule has 0 aliphatic carbocycles. The molecule has 0 atom stereocenters. The lowest BCUT2D eigenvalue weighted by Crippen LogP contribution is -2.19. The largest absolute Gasteiger partial charge is 0.481 e. The fraction of sp³-hybridized carbons (Fsp3) is 0.414. The van der Waals surface area contributed by atoms with Crippen LogP contribution in [0.15, 0.2) is 42.5 Å². The van der Waals surface area contributed by atoms with Crippen LogP contribution in [-0.2, 0) is 34.0 Å². The number of carbonyl (C=O) groups is 1. The standard InChI is InChI=1S/C29H33F3O3S/c1-7-34-26(33)17-35-27-19(3)14-20(16-23(27)28(4,5)6)8-13-24-18(2)15-25(36-24)21-9-11-22(12-10-21)29(30,31)32/h9-12,14-16H,7-8,13,17H2,1-6H3. The lowest BCUT2D eigenvalue weighted by molar-refractivity contribution is -0.145. The summed E-state index contributed by atoms with van der Waals surface area (Å²) in [5.41, 5.74) is 4.28. The SMILES string of the molecule is CCOC(=O)COc1c(C)cc(CCc2sc(-c3ccc(C(F)(F)F)cc3)cc2C)cc1C(C)(C)C. The summed E-state index contributed by atoms with van der Waals surface area (Å²) in [6.45, 7) is 12.3. The third kappa shape index (κ3) is 6.90. The first-order valence-corrected chi connectivity index (χ1v) is 12.8. The van der Waals surface area contributed by atoms with Gasteiger partial charge >= 0.3 is 12.1 Å². The summed E-state index contributed by atoms with van der Waals surface area (Å²) in [6, 6.07) is 11.6. The first-order valence-electron chi connectivity index (χ1n) is 12.0. The van der Waals surface area contributed by atoms with E-state index in [9.17, 15) is 18.0 Å². The molecule has 0 saturated carbocycles. The molecule has 3 nitrogen and oxygen atoms in total. The van der Waals surface area contributed by atoms with Crippen LogP contribution >= 0.6 is 11.3 Å². The zero-order chi connectivity index (χ0) is 26.7. The molecule has 0 aliphatic rings. The highest BCUT2D eigenvalue weighted by Crippen LogP contribution is 2.37. The van der Waals surface area contributed by atoms with Gasteiger partial charge in [-0.15, -0.1) is 11.3 Å². The Kier molecular flexibility index (Phi) is 8.55. The summed E-state index contributed by atoms with van der Waals surface area (Å²) in [5, 5.41) is 0. The molecule has 194 valence electrons. The molecule has 36 heavy (non-hydrogen) atoms. The molecule has 0 N–H and O–H groups in total. The summed E-state index contributed by atoms with van der Waals surface area (Å²) < 4.78 is 49.6. The van der Waals surface area contributed by atoms with E-state index in [1.807, 2.05) is 19.9 Å². The van der Waals surface area contributed by atoms with E-state index in [0.717, 1.165) is 57.9 Å². The van der Waals surface area contributed by atoms with Crippen LogP contribution in [0.5, 0.6) is 5.75 Å². The monoisotopic (exact) mass is 518 g/mol. The first-order chi connectivity index (χ1) is 16.8. The molecule has 2 aromatic carbocycles. The van der Waals surface area contributed by atoms with Crippen LogP contribution in [-0.4, -0.2) is 19.2 Å². The molecule has 0 fully saturated rings. The number of aryl methyl sites for hydroxylation is 4. The molecule has 1 aromatic heterocycles. The smallest absolute Gasteiger partial charge is 0.416 e. The second-order valence-corrected chi connectivity index (χ2v) is 11.1. The van der Waals surface area contributed by atoms with E-state index in [1.54, 1.807) is 18.3 Å². The lowest BCUT2D eigenvalue weighted by Gasteiger charge is -2.25. The predicted octanol–water partition coefficient (Wildman–Crippen LogP) is 8.08. The van der Waals surface area contributed by atoms with Crippen LogP contribution in [0, 0.1) is 13.8 Å². The maximum Gasteiger partial charge on any atom is 0.416 e. The number of hydrogen-bond donors (Lipinski definition) is 0. The normalized spacial score (nSPS) is 12.0. The number of hydrogen-bond acceptors (Lipinski definition) is 4. The number of rotatable bonds is 8. The Labute approximate surface area is 215 Å². The van der Waals surface area contributed by atoms with Gasteiger partial charge in [-0.3, -0.25) is 0 Å². The molecule has 7 heteroatoms. The van der Waals surface area contributed by atoms with Gasteiger partial charge < -0.3 is 9.47 Å². The van der Waals surface area contributed by atoms with Gasteiger partial charge in [0.15, 0.2) is 6.61 Å². The van der Waals surface area contributed by atoms with Gasteiger partial charge in [-0.25, -0.2) is 4.79 Å². The molecule has 0 saturated heterocycles. The van der Waals surface area contributed by atoms with E-state index in [4.69, 9.17) is 9.47 Å². The van der Waals surface area contributed by atoms with Crippen molar-refractivity contribution in [3.8, 4) is 16.2 Å². The molecule has 0 amide bonds. The molecule has 3 aromatic rings. The fourth-order valence-corrected chi connectivity index (χ4v) is 5.25. The van der Waals surface area contributed by atoms with E-state index in [-0.39, 0.29) is 12.0 Å². The molecule has 0 aliphatic heterocycles. The summed E-state index contributed by atoms with van der Waals surface area (Å²) >= 11 is 1.62. The van der Waals surface area contributed by atoms with Crippen molar-refractivity contribution in [1.82, 2.24) is 0 Å². The number of ether oxygens (including phenoxy) is 2. The van der Waals surface area contributed by atoms with E-state index in [2.05, 4.69) is 32.9 Å². The second-order valence-electron chi connectivity index (χ2n) is 9.93. The van der Waals surface area contributed by atoms with E-state index in [1.165, 1.54) is 22.6 Å². The van der Waals surface area contributed by atoms with Gasteiger partial charge in [-0.1, -0.05) is 45.0 Å².